The molecule has 2 amide bonds. The maximum absolute atomic E-state index is 16.1. The summed E-state index contributed by atoms with van der Waals surface area (Å²) in [6, 6.07) is 12.8. The van der Waals surface area contributed by atoms with Crippen molar-refractivity contribution in [2.75, 3.05) is 7.11 Å². The van der Waals surface area contributed by atoms with Gasteiger partial charge in [0.2, 0.25) is 5.89 Å². The molecule has 1 unspecified atom stereocenters. The molecule has 3 aromatic heterocycles. The number of methoxy groups -OCH3 is 1. The van der Waals surface area contributed by atoms with Gasteiger partial charge in [-0.15, -0.1) is 0 Å². The number of amides is 2. The lowest BCUT2D eigenvalue weighted by molar-refractivity contribution is 0.0930. The van der Waals surface area contributed by atoms with E-state index in [1.54, 1.807) is 49.6 Å². The summed E-state index contributed by atoms with van der Waals surface area (Å²) in [6.45, 7) is 3.56. The van der Waals surface area contributed by atoms with E-state index in [0.29, 0.717) is 33.9 Å². The first-order valence-electron chi connectivity index (χ1n) is 13.6. The average molecular weight is 597 g/mol. The molecule has 11 heteroatoms. The predicted molar refractivity (Wildman–Crippen MR) is 158 cm³/mol. The van der Waals surface area contributed by atoms with Gasteiger partial charge in [0.05, 0.1) is 29.8 Å². The van der Waals surface area contributed by atoms with Crippen LogP contribution in [0.4, 0.5) is 8.78 Å². The molecule has 0 radical (unpaired) electrons. The van der Waals surface area contributed by atoms with Crippen LogP contribution in [0.1, 0.15) is 56.3 Å². The monoisotopic (exact) mass is 596 g/mol. The summed E-state index contributed by atoms with van der Waals surface area (Å²) in [5.41, 5.74) is 9.03. The second-order valence-electron chi connectivity index (χ2n) is 10.3. The van der Waals surface area contributed by atoms with Gasteiger partial charge in [0.1, 0.15) is 40.3 Å². The molecule has 0 aliphatic carbocycles. The van der Waals surface area contributed by atoms with Gasteiger partial charge in [-0.25, -0.2) is 13.8 Å². The normalized spacial score (nSPS) is 12.0. The molecule has 222 valence electrons. The third-order valence-corrected chi connectivity index (χ3v) is 7.43. The van der Waals surface area contributed by atoms with Crippen molar-refractivity contribution in [2.45, 2.75) is 26.3 Å². The van der Waals surface area contributed by atoms with Crippen LogP contribution >= 0.6 is 0 Å². The summed E-state index contributed by atoms with van der Waals surface area (Å²) in [5, 5.41) is 2.81. The van der Waals surface area contributed by atoms with E-state index >= 15 is 4.39 Å². The lowest BCUT2D eigenvalue weighted by Gasteiger charge is -2.16. The average Bonchev–Trinajstić information content (AvgIpc) is 3.62. The highest BCUT2D eigenvalue weighted by Gasteiger charge is 2.26. The number of ether oxygens (including phenoxy) is 1. The number of primary amides is 1. The van der Waals surface area contributed by atoms with Gasteiger partial charge >= 0.3 is 0 Å². The molecule has 3 N–H and O–H groups in total. The molecule has 0 fully saturated rings. The largest absolute Gasteiger partial charge is 0.496 e. The number of carbonyl (C=O) groups is 2. The Morgan fingerprint density at radius 3 is 2.50 bits per heavy atom. The van der Waals surface area contributed by atoms with Crippen LogP contribution in [0.5, 0.6) is 5.75 Å². The molecule has 0 bridgehead atoms. The Labute approximate surface area is 249 Å². The van der Waals surface area contributed by atoms with Crippen molar-refractivity contribution in [1.29, 1.82) is 0 Å². The molecular weight excluding hydrogens is 570 g/mol. The van der Waals surface area contributed by atoms with Gasteiger partial charge in [-0.2, -0.15) is 0 Å². The van der Waals surface area contributed by atoms with Crippen LogP contribution in [0, 0.1) is 18.6 Å². The third-order valence-electron chi connectivity index (χ3n) is 7.43. The minimum absolute atomic E-state index is 0.0486. The van der Waals surface area contributed by atoms with E-state index in [1.165, 1.54) is 31.4 Å². The molecule has 9 nitrogen and oxygen atoms in total. The molecule has 6 rings (SSSR count). The number of nitrogens with zero attached hydrogens (tertiary/aromatic N) is 2. The number of benzene rings is 3. The number of hydrogen-bond acceptors (Lipinski definition) is 7. The van der Waals surface area contributed by atoms with E-state index in [-0.39, 0.29) is 39.8 Å². The van der Waals surface area contributed by atoms with E-state index in [1.807, 2.05) is 6.92 Å². The molecule has 0 aliphatic heterocycles. The Morgan fingerprint density at radius 2 is 1.80 bits per heavy atom. The predicted octanol–water partition coefficient (Wildman–Crippen LogP) is 6.41. The van der Waals surface area contributed by atoms with Crippen molar-refractivity contribution in [3.05, 3.63) is 112 Å². The van der Waals surface area contributed by atoms with E-state index in [2.05, 4.69) is 15.3 Å². The van der Waals surface area contributed by atoms with Gasteiger partial charge in [0.15, 0.2) is 5.58 Å². The first-order chi connectivity index (χ1) is 21.1. The van der Waals surface area contributed by atoms with E-state index in [0.717, 1.165) is 5.56 Å². The molecule has 0 saturated carbocycles. The molecule has 3 heterocycles. The third kappa shape index (κ3) is 5.13. The van der Waals surface area contributed by atoms with Crippen LogP contribution in [0.2, 0.25) is 0 Å². The Morgan fingerprint density at radius 1 is 1.02 bits per heavy atom. The maximum Gasteiger partial charge on any atom is 0.255 e. The number of fused-ring (bicyclic) bond motifs is 2. The van der Waals surface area contributed by atoms with Crippen LogP contribution in [-0.2, 0) is 6.42 Å². The summed E-state index contributed by atoms with van der Waals surface area (Å²) in [4.78, 5) is 34.3. The molecule has 44 heavy (non-hydrogen) atoms. The van der Waals surface area contributed by atoms with E-state index in [4.69, 9.17) is 19.3 Å². The summed E-state index contributed by atoms with van der Waals surface area (Å²) in [5.74, 6) is -1.79. The Hall–Kier alpha value is -5.58. The lowest BCUT2D eigenvalue weighted by Crippen LogP contribution is -2.27. The standard InChI is InChI=1S/C33H26F2N4O5/c1-16-12-26(42-3)22(32(41)38-17(2)33-39-23-15-37-11-10-24(23)44-33)14-20(16)13-19-6-9-25-27(29(19)35)28(31(36)40)30(43-25)18-4-7-21(34)8-5-18/h4-12,14-15,17H,13H2,1-3H3,(H2,36,40)(H,38,41). The number of aromatic nitrogens is 2. The lowest BCUT2D eigenvalue weighted by atomic mass is 9.95. The highest BCUT2D eigenvalue weighted by molar-refractivity contribution is 6.11. The molecule has 6 aromatic rings. The zero-order valence-corrected chi connectivity index (χ0v) is 23.9. The fourth-order valence-electron chi connectivity index (χ4n) is 5.16. The maximum atomic E-state index is 16.1. The second-order valence-corrected chi connectivity index (χ2v) is 10.3. The van der Waals surface area contributed by atoms with Crippen LogP contribution in [0.3, 0.4) is 0 Å². The van der Waals surface area contributed by atoms with Crippen molar-refractivity contribution in [3.8, 4) is 17.1 Å². The minimum atomic E-state index is -0.886. The van der Waals surface area contributed by atoms with Gasteiger partial charge in [0, 0.05) is 24.2 Å². The molecule has 0 aliphatic rings. The molecule has 0 saturated heterocycles. The van der Waals surface area contributed by atoms with Gasteiger partial charge in [-0.3, -0.25) is 14.6 Å². The molecule has 1 atom stereocenters. The summed E-state index contributed by atoms with van der Waals surface area (Å²) in [6.07, 6.45) is 3.24. The highest BCUT2D eigenvalue weighted by atomic mass is 19.1. The van der Waals surface area contributed by atoms with Crippen LogP contribution in [0.15, 0.2) is 75.8 Å². The number of pyridine rings is 1. The van der Waals surface area contributed by atoms with E-state index in [9.17, 15) is 14.0 Å². The number of aryl methyl sites for hydroxylation is 1. The van der Waals surface area contributed by atoms with Gasteiger partial charge in [0.25, 0.3) is 11.8 Å². The number of nitrogens with two attached hydrogens (primary N) is 1. The first kappa shape index (κ1) is 28.5. The molecule has 3 aromatic carbocycles. The van der Waals surface area contributed by atoms with Crippen molar-refractivity contribution in [1.82, 2.24) is 15.3 Å². The van der Waals surface area contributed by atoms with Crippen molar-refractivity contribution < 1.29 is 31.9 Å². The van der Waals surface area contributed by atoms with Crippen molar-refractivity contribution in [3.63, 3.8) is 0 Å². The SMILES string of the molecule is COc1cc(C)c(Cc2ccc3oc(-c4ccc(F)cc4)c(C(N)=O)c3c2F)cc1C(=O)NC(C)c1nc2cnccc2o1. The van der Waals surface area contributed by atoms with Crippen LogP contribution < -0.4 is 15.8 Å². The fraction of sp³-hybridized carbons (Fsp3) is 0.152. The Balaban J connectivity index is 1.34. The smallest absolute Gasteiger partial charge is 0.255 e. The summed E-state index contributed by atoms with van der Waals surface area (Å²) < 4.78 is 46.7. The Bertz CT molecular complexity index is 2030. The fourth-order valence-corrected chi connectivity index (χ4v) is 5.16. The number of carbonyl (C=O) groups excluding carboxylic acids is 2. The minimum Gasteiger partial charge on any atom is -0.496 e. The number of halogens is 2. The molecule has 0 spiro atoms. The summed E-state index contributed by atoms with van der Waals surface area (Å²) >= 11 is 0. The number of furan rings is 1. The first-order valence-corrected chi connectivity index (χ1v) is 13.6. The Kier molecular flexibility index (Phi) is 7.30. The number of nitrogens with one attached hydrogen (secondary N) is 1. The highest BCUT2D eigenvalue weighted by Crippen LogP contribution is 2.37. The van der Waals surface area contributed by atoms with E-state index < -0.39 is 29.5 Å². The van der Waals surface area contributed by atoms with Crippen LogP contribution in [0.25, 0.3) is 33.4 Å². The second kappa shape index (κ2) is 11.3. The number of rotatable bonds is 8. The van der Waals surface area contributed by atoms with Crippen LogP contribution in [-0.4, -0.2) is 28.9 Å². The topological polar surface area (TPSA) is 133 Å². The molecular formula is C33H26F2N4O5. The van der Waals surface area contributed by atoms with Crippen molar-refractivity contribution in [2.24, 2.45) is 5.73 Å². The van der Waals surface area contributed by atoms with Crippen molar-refractivity contribution >= 4 is 33.9 Å². The number of hydrogen-bond donors (Lipinski definition) is 2. The number of oxazole rings is 1. The zero-order valence-electron chi connectivity index (χ0n) is 23.9. The van der Waals surface area contributed by atoms with Gasteiger partial charge in [-0.05, 0) is 73.0 Å². The van der Waals surface area contributed by atoms with Gasteiger partial charge < -0.3 is 24.6 Å². The quantitative estimate of drug-likeness (QED) is 0.207. The van der Waals surface area contributed by atoms with Gasteiger partial charge in [-0.1, -0.05) is 6.07 Å². The summed E-state index contributed by atoms with van der Waals surface area (Å²) in [7, 11) is 1.46. The zero-order chi connectivity index (χ0) is 31.1.